The van der Waals surface area contributed by atoms with Gasteiger partial charge in [-0.1, -0.05) is 43.2 Å². The molecule has 2 saturated carbocycles. The van der Waals surface area contributed by atoms with Crippen molar-refractivity contribution in [2.24, 2.45) is 17.1 Å². The highest BCUT2D eigenvalue weighted by atomic mass is 16.5. The van der Waals surface area contributed by atoms with Gasteiger partial charge in [-0.25, -0.2) is 4.79 Å². The summed E-state index contributed by atoms with van der Waals surface area (Å²) < 4.78 is 10.6. The molecule has 2 amide bonds. The molecule has 7 rings (SSSR count). The molecule has 54 heavy (non-hydrogen) atoms. The van der Waals surface area contributed by atoms with Gasteiger partial charge in [0.15, 0.2) is 28.5 Å². The van der Waals surface area contributed by atoms with Gasteiger partial charge >= 0.3 is 12.4 Å². The van der Waals surface area contributed by atoms with Crippen molar-refractivity contribution in [2.45, 2.75) is 88.1 Å². The number of fused-ring (bicyclic) bond motifs is 4. The summed E-state index contributed by atoms with van der Waals surface area (Å²) >= 11 is 0. The fourth-order valence-corrected chi connectivity index (χ4v) is 9.68. The zero-order valence-electron chi connectivity index (χ0n) is 30.1. The third kappa shape index (κ3) is 6.12. The van der Waals surface area contributed by atoms with Gasteiger partial charge in [0.2, 0.25) is 0 Å². The molecule has 2 saturated heterocycles. The van der Waals surface area contributed by atoms with Crippen molar-refractivity contribution in [3.63, 3.8) is 0 Å². The summed E-state index contributed by atoms with van der Waals surface area (Å²) in [6.45, 7) is 3.00. The van der Waals surface area contributed by atoms with Crippen molar-refractivity contribution in [3.05, 3.63) is 64.7 Å². The summed E-state index contributed by atoms with van der Waals surface area (Å²) in [5.41, 5.74) is 3.01. The average molecular weight is 741 g/mol. The van der Waals surface area contributed by atoms with Crippen LogP contribution in [0.1, 0.15) is 89.6 Å². The normalized spacial score (nSPS) is 27.4. The Kier molecular flexibility index (Phi) is 10.3. The van der Waals surface area contributed by atoms with E-state index in [2.05, 4.69) is 21.3 Å². The van der Waals surface area contributed by atoms with Crippen molar-refractivity contribution >= 4 is 47.5 Å². The predicted octanol–water partition coefficient (Wildman–Crippen LogP) is 1.84. The molecule has 2 aliphatic carbocycles. The molecule has 2 aromatic rings. The van der Waals surface area contributed by atoms with Gasteiger partial charge in [0.25, 0.3) is 11.8 Å². The van der Waals surface area contributed by atoms with Crippen LogP contribution in [0.2, 0.25) is 0 Å². The van der Waals surface area contributed by atoms with Crippen molar-refractivity contribution in [1.29, 1.82) is 5.41 Å². The lowest BCUT2D eigenvalue weighted by atomic mass is 9.69. The van der Waals surface area contributed by atoms with Crippen LogP contribution < -0.4 is 27.0 Å². The van der Waals surface area contributed by atoms with E-state index in [9.17, 15) is 24.0 Å². The van der Waals surface area contributed by atoms with Crippen LogP contribution >= 0.6 is 0 Å². The lowest BCUT2D eigenvalue weighted by Crippen LogP contribution is -2.67. The number of ketones is 2. The number of hydrogen-bond acceptors (Lipinski definition) is 11. The smallest absolute Gasteiger partial charge is 0.417 e. The second-order valence-electron chi connectivity index (χ2n) is 15.0. The number of anilines is 1. The Morgan fingerprint density at radius 2 is 1.87 bits per heavy atom. The fourth-order valence-electron chi connectivity index (χ4n) is 9.68. The van der Waals surface area contributed by atoms with Gasteiger partial charge in [-0.3, -0.25) is 34.3 Å². The topological polar surface area (TPSA) is 222 Å². The van der Waals surface area contributed by atoms with E-state index in [1.165, 1.54) is 18.6 Å². The Morgan fingerprint density at radius 1 is 1.07 bits per heavy atom. The molecule has 5 atom stereocenters. The average Bonchev–Trinajstić information content (AvgIpc) is 3.54. The summed E-state index contributed by atoms with van der Waals surface area (Å²) in [7, 11) is 0. The molecule has 15 heteroatoms. The predicted molar refractivity (Wildman–Crippen MR) is 195 cm³/mol. The van der Waals surface area contributed by atoms with Crippen LogP contribution in [0.5, 0.6) is 0 Å². The molecule has 2 aromatic carbocycles. The number of nitrogens with one attached hydrogen (secondary N) is 5. The molecule has 7 N–H and O–H groups in total. The van der Waals surface area contributed by atoms with E-state index in [4.69, 9.17) is 20.6 Å². The number of hydrogen-bond donors (Lipinski definition) is 6. The Morgan fingerprint density at radius 3 is 2.63 bits per heavy atom. The number of carbonyl (C=O) groups excluding carboxylic acids is 6. The maximum atomic E-state index is 15.1. The number of guanidine groups is 1. The number of esters is 1. The monoisotopic (exact) mass is 740 g/mol. The summed E-state index contributed by atoms with van der Waals surface area (Å²) in [5.74, 6) is -3.03. The van der Waals surface area contributed by atoms with E-state index < -0.39 is 51.9 Å². The van der Waals surface area contributed by atoms with E-state index in [1.54, 1.807) is 0 Å². The largest absolute Gasteiger partial charge is 0.460 e. The van der Waals surface area contributed by atoms with E-state index in [0.717, 1.165) is 50.6 Å². The fraction of sp³-hybridized carbons (Fsp3) is 0.513. The molecule has 1 radical (unpaired) electrons. The minimum atomic E-state index is -1.88. The number of piperidine rings is 1. The lowest BCUT2D eigenvalue weighted by Gasteiger charge is -2.52. The Labute approximate surface area is 312 Å². The number of likely N-dealkylation sites (tertiary alicyclic amines) is 1. The van der Waals surface area contributed by atoms with Crippen LogP contribution in [0.15, 0.2) is 42.5 Å². The third-order valence-electron chi connectivity index (χ3n) is 12.2. The van der Waals surface area contributed by atoms with Gasteiger partial charge in [0, 0.05) is 47.6 Å². The molecule has 2 bridgehead atoms. The lowest BCUT2D eigenvalue weighted by molar-refractivity contribution is -0.155. The first-order valence-corrected chi connectivity index (χ1v) is 18.7. The van der Waals surface area contributed by atoms with Gasteiger partial charge in [-0.15, -0.1) is 0 Å². The first kappa shape index (κ1) is 37.2. The van der Waals surface area contributed by atoms with Crippen LogP contribution in [0.3, 0.4) is 0 Å². The molecule has 3 heterocycles. The third-order valence-corrected chi connectivity index (χ3v) is 12.2. The first-order valence-electron chi connectivity index (χ1n) is 18.7. The molecule has 3 aliphatic heterocycles. The Hall–Kier alpha value is -5.15. The maximum Gasteiger partial charge on any atom is 0.417 e. The molecular weight excluding hydrogens is 694 g/mol. The summed E-state index contributed by atoms with van der Waals surface area (Å²) in [6, 6.07) is 10.8. The van der Waals surface area contributed by atoms with Gasteiger partial charge in [0.05, 0.1) is 6.04 Å². The molecule has 0 spiro atoms. The SMILES string of the molecule is N=C(N)NCCC[C@H](NC(=O)[C@]12C(=O)C1(C(=O)OCc1ccccc1)CCN2C12CCCCC1CCCNC2)C(=O)c1cc2c(CO[C]=O)c(c1)C(=O)N2. The van der Waals surface area contributed by atoms with E-state index in [-0.39, 0.29) is 55.6 Å². The quantitative estimate of drug-likeness (QED) is 0.0385. The summed E-state index contributed by atoms with van der Waals surface area (Å²) in [5, 5.41) is 19.4. The van der Waals surface area contributed by atoms with Crippen LogP contribution in [0, 0.1) is 16.7 Å². The van der Waals surface area contributed by atoms with Crippen molar-refractivity contribution in [1.82, 2.24) is 20.9 Å². The number of carbonyl (C=O) groups is 5. The van der Waals surface area contributed by atoms with Crippen LogP contribution in [0.25, 0.3) is 0 Å². The van der Waals surface area contributed by atoms with Crippen molar-refractivity contribution < 1.29 is 38.2 Å². The van der Waals surface area contributed by atoms with E-state index in [0.29, 0.717) is 30.8 Å². The standard InChI is InChI=1S/C39H46N7O8/c40-36(41)43-16-7-12-29(31(48)25-18-27-28(21-53-23-47)30(19-25)44-32(27)49)45-34(51)39-33(50)38(39,35(52)54-20-24-8-2-1-3-9-24)14-17-46(39)37-13-5-4-10-26(37)11-6-15-42-22-37/h1-3,8-9,18-19,26,29,42H,4-7,10-17,20-22H2,(H,44,49)(H,45,51)(H4,40,41,43)/t26?,29-,37?,38?,39+/m0/s1. The van der Waals surface area contributed by atoms with Crippen LogP contribution in [-0.2, 0) is 41.9 Å². The van der Waals surface area contributed by atoms with Crippen LogP contribution in [-0.4, -0.2) is 90.0 Å². The molecule has 5 aliphatic rings. The molecule has 15 nitrogen and oxygen atoms in total. The van der Waals surface area contributed by atoms with Gasteiger partial charge in [-0.05, 0) is 75.1 Å². The number of nitrogens with zero attached hydrogens (tertiary/aromatic N) is 1. The zero-order valence-corrected chi connectivity index (χ0v) is 30.1. The minimum absolute atomic E-state index is 0.0602. The zero-order chi connectivity index (χ0) is 38.1. The van der Waals surface area contributed by atoms with Gasteiger partial charge in [-0.2, -0.15) is 0 Å². The highest BCUT2D eigenvalue weighted by molar-refractivity contribution is 6.38. The van der Waals surface area contributed by atoms with Crippen molar-refractivity contribution in [3.8, 4) is 0 Å². The maximum absolute atomic E-state index is 15.1. The van der Waals surface area contributed by atoms with Crippen molar-refractivity contribution in [2.75, 3.05) is 31.5 Å². The minimum Gasteiger partial charge on any atom is -0.460 e. The summed E-state index contributed by atoms with van der Waals surface area (Å²) in [4.78, 5) is 83.9. The number of ether oxygens (including phenoxy) is 2. The highest BCUT2D eigenvalue weighted by Gasteiger charge is 2.92. The highest BCUT2D eigenvalue weighted by Crippen LogP contribution is 2.67. The molecule has 285 valence electrons. The molecule has 3 unspecified atom stereocenters. The number of rotatable bonds is 15. The Balaban J connectivity index is 1.24. The first-order chi connectivity index (χ1) is 26.1. The number of benzene rings is 2. The molecular formula is C39H46N7O8. The number of Topliss-reactive ketones (excluding diaryl/α,β-unsaturated/α-hetero) is 2. The summed E-state index contributed by atoms with van der Waals surface area (Å²) in [6.07, 6.45) is 6.06. The number of nitrogens with two attached hydrogens (primary N) is 1. The molecule has 4 fully saturated rings. The molecule has 0 aromatic heterocycles. The van der Waals surface area contributed by atoms with Gasteiger partial charge < -0.3 is 36.5 Å². The van der Waals surface area contributed by atoms with E-state index in [1.807, 2.05) is 35.2 Å². The second kappa shape index (κ2) is 14.9. The Bertz CT molecular complexity index is 1870. The van der Waals surface area contributed by atoms with Gasteiger partial charge in [0.1, 0.15) is 13.2 Å². The van der Waals surface area contributed by atoms with Crippen LogP contribution in [0.4, 0.5) is 5.69 Å². The van der Waals surface area contributed by atoms with E-state index >= 15 is 4.79 Å². The number of amides is 2. The second-order valence-corrected chi connectivity index (χ2v) is 15.0.